The number of fused-ring (bicyclic) bond motifs is 1. The number of anilines is 2. The summed E-state index contributed by atoms with van der Waals surface area (Å²) in [4.78, 5) is 9.52. The zero-order valence-corrected chi connectivity index (χ0v) is 15.8. The number of aryl methyl sites for hydroxylation is 1. The van der Waals surface area contributed by atoms with Gasteiger partial charge in [0.15, 0.2) is 5.82 Å². The maximum atomic E-state index is 6.28. The van der Waals surface area contributed by atoms with Gasteiger partial charge in [-0.3, -0.25) is 0 Å². The molecule has 4 rings (SSSR count). The number of ether oxygens (including phenoxy) is 1. The van der Waals surface area contributed by atoms with Crippen molar-refractivity contribution in [3.05, 3.63) is 71.2 Å². The summed E-state index contributed by atoms with van der Waals surface area (Å²) in [5.41, 5.74) is 3.77. The van der Waals surface area contributed by atoms with Crippen LogP contribution in [0.5, 0.6) is 5.75 Å². The third-order valence-electron chi connectivity index (χ3n) is 4.43. The van der Waals surface area contributed by atoms with Crippen molar-refractivity contribution < 1.29 is 4.74 Å². The molecule has 2 aromatic carbocycles. The highest BCUT2D eigenvalue weighted by atomic mass is 35.5. The summed E-state index contributed by atoms with van der Waals surface area (Å²) in [5.74, 6) is 2.15. The van der Waals surface area contributed by atoms with Crippen molar-refractivity contribution >= 4 is 39.6 Å². The Kier molecular flexibility index (Phi) is 4.69. The van der Waals surface area contributed by atoms with Crippen molar-refractivity contribution in [2.75, 3.05) is 19.0 Å². The maximum absolute atomic E-state index is 6.28. The zero-order chi connectivity index (χ0) is 18.8. The molecule has 0 saturated carbocycles. The molecular formula is C21H19ClN4O. The van der Waals surface area contributed by atoms with E-state index < -0.39 is 0 Å². The molecule has 5 nitrogen and oxygen atoms in total. The van der Waals surface area contributed by atoms with Gasteiger partial charge in [-0.05, 0) is 55.1 Å². The lowest BCUT2D eigenvalue weighted by atomic mass is 10.1. The molecule has 6 heteroatoms. The van der Waals surface area contributed by atoms with Crippen LogP contribution in [0, 0.1) is 6.92 Å². The van der Waals surface area contributed by atoms with Gasteiger partial charge < -0.3 is 15.4 Å². The van der Waals surface area contributed by atoms with E-state index in [1.807, 2.05) is 61.7 Å². The number of nitrogens with one attached hydrogen (secondary N) is 2. The minimum atomic E-state index is 0.685. The first-order chi connectivity index (χ1) is 13.1. The van der Waals surface area contributed by atoms with Gasteiger partial charge >= 0.3 is 0 Å². The molecule has 0 amide bonds. The van der Waals surface area contributed by atoms with Crippen LogP contribution < -0.4 is 15.4 Å². The highest BCUT2D eigenvalue weighted by Crippen LogP contribution is 2.30. The van der Waals surface area contributed by atoms with Crippen molar-refractivity contribution in [1.82, 2.24) is 15.3 Å². The number of halogens is 1. The smallest absolute Gasteiger partial charge is 0.159 e. The number of benzene rings is 2. The van der Waals surface area contributed by atoms with Crippen LogP contribution in [0.15, 0.2) is 54.8 Å². The molecule has 3 aromatic rings. The first-order valence-corrected chi connectivity index (χ1v) is 9.00. The predicted octanol–water partition coefficient (Wildman–Crippen LogP) is 4.84. The van der Waals surface area contributed by atoms with E-state index in [4.69, 9.17) is 26.3 Å². The second kappa shape index (κ2) is 7.29. The fraction of sp³-hybridized carbons (Fsp3) is 0.143. The zero-order valence-electron chi connectivity index (χ0n) is 15.1. The van der Waals surface area contributed by atoms with Crippen molar-refractivity contribution in [3.8, 4) is 5.75 Å². The van der Waals surface area contributed by atoms with Crippen molar-refractivity contribution in [2.45, 2.75) is 6.92 Å². The molecule has 0 atom stereocenters. The summed E-state index contributed by atoms with van der Waals surface area (Å²) in [6.07, 6.45) is 5.88. The van der Waals surface area contributed by atoms with Gasteiger partial charge in [0, 0.05) is 28.2 Å². The number of hydrogen-bond acceptors (Lipinski definition) is 5. The summed E-state index contributed by atoms with van der Waals surface area (Å²) in [6.45, 7) is 2.67. The number of rotatable bonds is 4. The molecule has 1 aliphatic rings. The standard InChI is InChI=1S/C21H19ClN4O/c1-13-5-6-15(10-18(13)22)24-21-17-11-16(27-2)7-8-19(17)25-20(26-21)14-4-3-9-23-12-14/h3-11,23H,12H2,1-2H3,(H,24,25,26). The van der Waals surface area contributed by atoms with Crippen LogP contribution in [0.3, 0.4) is 0 Å². The Balaban J connectivity index is 1.85. The van der Waals surface area contributed by atoms with Crippen LogP contribution in [0.4, 0.5) is 11.5 Å². The van der Waals surface area contributed by atoms with Gasteiger partial charge in [-0.2, -0.15) is 0 Å². The molecule has 2 N–H and O–H groups in total. The number of aromatic nitrogens is 2. The lowest BCUT2D eigenvalue weighted by Gasteiger charge is -2.15. The molecule has 0 fully saturated rings. The van der Waals surface area contributed by atoms with E-state index >= 15 is 0 Å². The Morgan fingerprint density at radius 1 is 1.15 bits per heavy atom. The second-order valence-corrected chi connectivity index (χ2v) is 6.71. The first-order valence-electron chi connectivity index (χ1n) is 8.62. The lowest BCUT2D eigenvalue weighted by molar-refractivity contribution is 0.415. The minimum absolute atomic E-state index is 0.685. The molecule has 27 heavy (non-hydrogen) atoms. The van der Waals surface area contributed by atoms with Gasteiger partial charge in [0.05, 0.1) is 12.6 Å². The van der Waals surface area contributed by atoms with E-state index in [0.29, 0.717) is 23.2 Å². The third kappa shape index (κ3) is 3.59. The summed E-state index contributed by atoms with van der Waals surface area (Å²) in [6, 6.07) is 11.6. The van der Waals surface area contributed by atoms with Gasteiger partial charge in [0.2, 0.25) is 0 Å². The monoisotopic (exact) mass is 378 g/mol. The molecule has 0 saturated heterocycles. The molecule has 0 bridgehead atoms. The van der Waals surface area contributed by atoms with Gasteiger partial charge in [0.1, 0.15) is 11.6 Å². The van der Waals surface area contributed by atoms with Crippen LogP contribution >= 0.6 is 11.6 Å². The Hall–Kier alpha value is -3.05. The molecule has 1 aliphatic heterocycles. The summed E-state index contributed by atoms with van der Waals surface area (Å²) in [5, 5.41) is 8.18. The van der Waals surface area contributed by atoms with E-state index in [1.165, 1.54) is 0 Å². The fourth-order valence-corrected chi connectivity index (χ4v) is 3.07. The number of methoxy groups -OCH3 is 1. The quantitative estimate of drug-likeness (QED) is 0.680. The third-order valence-corrected chi connectivity index (χ3v) is 4.84. The summed E-state index contributed by atoms with van der Waals surface area (Å²) in [7, 11) is 1.65. The van der Waals surface area contributed by atoms with Crippen molar-refractivity contribution in [3.63, 3.8) is 0 Å². The molecule has 1 aromatic heterocycles. The largest absolute Gasteiger partial charge is 0.497 e. The van der Waals surface area contributed by atoms with Gasteiger partial charge in [-0.25, -0.2) is 9.97 Å². The molecule has 2 heterocycles. The lowest BCUT2D eigenvalue weighted by Crippen LogP contribution is -2.14. The minimum Gasteiger partial charge on any atom is -0.497 e. The van der Waals surface area contributed by atoms with Gasteiger partial charge in [0.25, 0.3) is 0 Å². The number of dihydropyridines is 1. The molecule has 0 radical (unpaired) electrons. The average Bonchev–Trinajstić information content (AvgIpc) is 2.71. The molecule has 136 valence electrons. The topological polar surface area (TPSA) is 59.1 Å². The normalized spacial score (nSPS) is 13.2. The number of allylic oxidation sites excluding steroid dienone is 2. The molecule has 0 unspecified atom stereocenters. The van der Waals surface area contributed by atoms with E-state index in [1.54, 1.807) is 7.11 Å². The van der Waals surface area contributed by atoms with Gasteiger partial charge in [-0.15, -0.1) is 0 Å². The molecule has 0 aliphatic carbocycles. The van der Waals surface area contributed by atoms with Crippen molar-refractivity contribution in [1.29, 1.82) is 0 Å². The SMILES string of the molecule is COc1ccc2nc(C3=CC=CNC3)nc(Nc3ccc(C)c(Cl)c3)c2c1. The fourth-order valence-electron chi connectivity index (χ4n) is 2.89. The van der Waals surface area contributed by atoms with Crippen LogP contribution in [-0.4, -0.2) is 23.6 Å². The predicted molar refractivity (Wildman–Crippen MR) is 111 cm³/mol. The Morgan fingerprint density at radius 2 is 2.04 bits per heavy atom. The average molecular weight is 379 g/mol. The van der Waals surface area contributed by atoms with Gasteiger partial charge in [-0.1, -0.05) is 23.7 Å². The highest BCUT2D eigenvalue weighted by Gasteiger charge is 2.13. The Labute approximate surface area is 162 Å². The number of nitrogens with zero attached hydrogens (tertiary/aromatic N) is 2. The second-order valence-electron chi connectivity index (χ2n) is 6.30. The summed E-state index contributed by atoms with van der Waals surface area (Å²) < 4.78 is 5.37. The Morgan fingerprint density at radius 3 is 2.78 bits per heavy atom. The van der Waals surface area contributed by atoms with E-state index in [0.717, 1.165) is 33.5 Å². The Bertz CT molecular complexity index is 1080. The highest BCUT2D eigenvalue weighted by molar-refractivity contribution is 6.31. The summed E-state index contributed by atoms with van der Waals surface area (Å²) >= 11 is 6.28. The molecular weight excluding hydrogens is 360 g/mol. The van der Waals surface area contributed by atoms with Crippen LogP contribution in [0.1, 0.15) is 11.4 Å². The van der Waals surface area contributed by atoms with E-state index in [9.17, 15) is 0 Å². The van der Waals surface area contributed by atoms with Crippen LogP contribution in [-0.2, 0) is 0 Å². The van der Waals surface area contributed by atoms with E-state index in [2.05, 4.69) is 10.6 Å². The number of hydrogen-bond donors (Lipinski definition) is 2. The van der Waals surface area contributed by atoms with Crippen LogP contribution in [0.25, 0.3) is 16.5 Å². The van der Waals surface area contributed by atoms with E-state index in [-0.39, 0.29) is 0 Å². The molecule has 0 spiro atoms. The van der Waals surface area contributed by atoms with Crippen LogP contribution in [0.2, 0.25) is 5.02 Å². The van der Waals surface area contributed by atoms with Crippen molar-refractivity contribution in [2.24, 2.45) is 0 Å². The first kappa shape index (κ1) is 17.4. The maximum Gasteiger partial charge on any atom is 0.159 e.